The van der Waals surface area contributed by atoms with Crippen LogP contribution in [0.15, 0.2) is 0 Å². The van der Waals surface area contributed by atoms with Gasteiger partial charge in [0.15, 0.2) is 0 Å². The van der Waals surface area contributed by atoms with E-state index < -0.39 is 0 Å². The van der Waals surface area contributed by atoms with Gasteiger partial charge in [-0.15, -0.1) is 0 Å². The average molecular weight is 214 g/mol. The third-order valence-corrected chi connectivity index (χ3v) is 3.45. The first-order valence-electron chi connectivity index (χ1n) is 6.25. The maximum atomic E-state index is 5.64. The second kappa shape index (κ2) is 6.46. The molecule has 15 heavy (non-hydrogen) atoms. The fourth-order valence-corrected chi connectivity index (χ4v) is 2.57. The van der Waals surface area contributed by atoms with Crippen molar-refractivity contribution in [2.24, 2.45) is 17.7 Å². The molecule has 1 rings (SSSR count). The molecule has 3 nitrogen and oxygen atoms in total. The summed E-state index contributed by atoms with van der Waals surface area (Å²) in [5.74, 6) is 6.99. The second-order valence-electron chi connectivity index (χ2n) is 5.04. The minimum atomic E-state index is 0.410. The van der Waals surface area contributed by atoms with Gasteiger partial charge in [0.2, 0.25) is 0 Å². The lowest BCUT2D eigenvalue weighted by molar-refractivity contribution is 0.115. The minimum absolute atomic E-state index is 0.410. The van der Waals surface area contributed by atoms with Gasteiger partial charge in [-0.25, -0.2) is 0 Å². The van der Waals surface area contributed by atoms with Crippen LogP contribution in [0.1, 0.15) is 46.5 Å². The molecule has 1 fully saturated rings. The summed E-state index contributed by atoms with van der Waals surface area (Å²) >= 11 is 0. The summed E-state index contributed by atoms with van der Waals surface area (Å²) in [7, 11) is 0. The van der Waals surface area contributed by atoms with Gasteiger partial charge < -0.3 is 4.74 Å². The third-order valence-electron chi connectivity index (χ3n) is 3.45. The van der Waals surface area contributed by atoms with Crippen LogP contribution in [0, 0.1) is 11.8 Å². The molecule has 1 saturated heterocycles. The van der Waals surface area contributed by atoms with Crippen LogP contribution in [0.25, 0.3) is 0 Å². The smallest absolute Gasteiger partial charge is 0.0551 e. The molecule has 0 bridgehead atoms. The molecule has 0 aromatic heterocycles. The number of nitrogens with one attached hydrogen (secondary N) is 1. The second-order valence-corrected chi connectivity index (χ2v) is 5.04. The van der Waals surface area contributed by atoms with E-state index in [0.29, 0.717) is 18.1 Å². The van der Waals surface area contributed by atoms with Crippen molar-refractivity contribution in [3.8, 4) is 0 Å². The first kappa shape index (κ1) is 12.9. The standard InChI is InChI=1S/C12H26N2O/c1-4-5-9(2)6-12(14-13)11-7-10(3)15-8-11/h9-12,14H,4-8,13H2,1-3H3. The Labute approximate surface area is 93.7 Å². The Bertz CT molecular complexity index is 175. The molecule has 1 aliphatic rings. The summed E-state index contributed by atoms with van der Waals surface area (Å²) in [6, 6.07) is 0.427. The molecule has 4 unspecified atom stereocenters. The van der Waals surface area contributed by atoms with Crippen LogP contribution in [0.2, 0.25) is 0 Å². The van der Waals surface area contributed by atoms with Gasteiger partial charge in [0.05, 0.1) is 12.7 Å². The number of hydrogen-bond donors (Lipinski definition) is 2. The van der Waals surface area contributed by atoms with Crippen molar-refractivity contribution in [1.29, 1.82) is 0 Å². The van der Waals surface area contributed by atoms with Crippen molar-refractivity contribution in [3.63, 3.8) is 0 Å². The van der Waals surface area contributed by atoms with E-state index in [1.165, 1.54) is 19.3 Å². The first-order chi connectivity index (χ1) is 7.17. The van der Waals surface area contributed by atoms with Crippen LogP contribution in [-0.2, 0) is 4.74 Å². The van der Waals surface area contributed by atoms with E-state index in [9.17, 15) is 0 Å². The third kappa shape index (κ3) is 4.09. The van der Waals surface area contributed by atoms with E-state index in [1.54, 1.807) is 0 Å². The Morgan fingerprint density at radius 3 is 2.73 bits per heavy atom. The van der Waals surface area contributed by atoms with E-state index in [-0.39, 0.29) is 0 Å². The normalized spacial score (nSPS) is 30.4. The van der Waals surface area contributed by atoms with E-state index in [1.807, 2.05) is 0 Å². The average Bonchev–Trinajstić information content (AvgIpc) is 2.61. The van der Waals surface area contributed by atoms with Crippen LogP contribution in [0.5, 0.6) is 0 Å². The Kier molecular flexibility index (Phi) is 5.58. The van der Waals surface area contributed by atoms with Gasteiger partial charge in [0.1, 0.15) is 0 Å². The molecule has 4 atom stereocenters. The number of hydrazine groups is 1. The molecule has 0 saturated carbocycles. The zero-order chi connectivity index (χ0) is 11.3. The van der Waals surface area contributed by atoms with Gasteiger partial charge in [-0.2, -0.15) is 0 Å². The first-order valence-corrected chi connectivity index (χ1v) is 6.25. The molecular weight excluding hydrogens is 188 g/mol. The van der Waals surface area contributed by atoms with Gasteiger partial charge in [-0.05, 0) is 25.7 Å². The molecule has 0 aliphatic carbocycles. The van der Waals surface area contributed by atoms with Crippen LogP contribution in [0.3, 0.4) is 0 Å². The van der Waals surface area contributed by atoms with Crippen LogP contribution >= 0.6 is 0 Å². The van der Waals surface area contributed by atoms with Gasteiger partial charge in [0.25, 0.3) is 0 Å². The van der Waals surface area contributed by atoms with E-state index >= 15 is 0 Å². The number of rotatable bonds is 6. The summed E-state index contributed by atoms with van der Waals surface area (Å²) in [6.45, 7) is 7.56. The molecule has 1 heterocycles. The van der Waals surface area contributed by atoms with Crippen molar-refractivity contribution in [1.82, 2.24) is 5.43 Å². The van der Waals surface area contributed by atoms with Crippen molar-refractivity contribution in [3.05, 3.63) is 0 Å². The highest BCUT2D eigenvalue weighted by Crippen LogP contribution is 2.26. The van der Waals surface area contributed by atoms with Crippen molar-refractivity contribution < 1.29 is 4.74 Å². The van der Waals surface area contributed by atoms with E-state index in [2.05, 4.69) is 26.2 Å². The number of hydrogen-bond acceptors (Lipinski definition) is 3. The van der Waals surface area contributed by atoms with Gasteiger partial charge in [0, 0.05) is 12.0 Å². The van der Waals surface area contributed by atoms with E-state index in [0.717, 1.165) is 18.9 Å². The lowest BCUT2D eigenvalue weighted by Gasteiger charge is -2.24. The topological polar surface area (TPSA) is 47.3 Å². The van der Waals surface area contributed by atoms with Gasteiger partial charge in [-0.1, -0.05) is 26.7 Å². The molecule has 0 radical (unpaired) electrons. The number of nitrogens with two attached hydrogens (primary N) is 1. The van der Waals surface area contributed by atoms with Crippen LogP contribution in [-0.4, -0.2) is 18.8 Å². The summed E-state index contributed by atoms with van der Waals surface area (Å²) in [5.41, 5.74) is 2.97. The Morgan fingerprint density at radius 1 is 1.53 bits per heavy atom. The Morgan fingerprint density at radius 2 is 2.27 bits per heavy atom. The van der Waals surface area contributed by atoms with Crippen molar-refractivity contribution >= 4 is 0 Å². The lowest BCUT2D eigenvalue weighted by atomic mass is 9.88. The number of ether oxygens (including phenoxy) is 1. The largest absolute Gasteiger partial charge is 0.378 e. The quantitative estimate of drug-likeness (QED) is 0.525. The molecule has 3 heteroatoms. The highest BCUT2D eigenvalue weighted by molar-refractivity contribution is 4.82. The van der Waals surface area contributed by atoms with E-state index in [4.69, 9.17) is 10.6 Å². The maximum absolute atomic E-state index is 5.64. The van der Waals surface area contributed by atoms with Crippen LogP contribution in [0.4, 0.5) is 0 Å². The summed E-state index contributed by atoms with van der Waals surface area (Å²) in [6.07, 6.45) is 5.28. The Balaban J connectivity index is 2.34. The zero-order valence-electron chi connectivity index (χ0n) is 10.3. The van der Waals surface area contributed by atoms with Crippen LogP contribution < -0.4 is 11.3 Å². The zero-order valence-corrected chi connectivity index (χ0v) is 10.3. The molecule has 0 spiro atoms. The molecule has 0 aromatic rings. The molecule has 0 aromatic carbocycles. The highest BCUT2D eigenvalue weighted by Gasteiger charge is 2.29. The SMILES string of the molecule is CCCC(C)CC(NN)C1COC(C)C1. The molecule has 3 N–H and O–H groups in total. The molecular formula is C12H26N2O. The summed E-state index contributed by atoms with van der Waals surface area (Å²) in [5, 5.41) is 0. The van der Waals surface area contributed by atoms with Crippen molar-refractivity contribution in [2.45, 2.75) is 58.6 Å². The predicted molar refractivity (Wildman–Crippen MR) is 63.3 cm³/mol. The van der Waals surface area contributed by atoms with Crippen molar-refractivity contribution in [2.75, 3.05) is 6.61 Å². The molecule has 90 valence electrons. The summed E-state index contributed by atoms with van der Waals surface area (Å²) < 4.78 is 5.59. The minimum Gasteiger partial charge on any atom is -0.378 e. The van der Waals surface area contributed by atoms with Gasteiger partial charge >= 0.3 is 0 Å². The maximum Gasteiger partial charge on any atom is 0.0551 e. The fraction of sp³-hybridized carbons (Fsp3) is 1.00. The molecule has 1 aliphatic heterocycles. The summed E-state index contributed by atoms with van der Waals surface area (Å²) in [4.78, 5) is 0. The predicted octanol–water partition coefficient (Wildman–Crippen LogP) is 2.07. The lowest BCUT2D eigenvalue weighted by Crippen LogP contribution is -2.42. The molecule has 0 amide bonds. The fourth-order valence-electron chi connectivity index (χ4n) is 2.57. The van der Waals surface area contributed by atoms with Gasteiger partial charge in [-0.3, -0.25) is 11.3 Å². The monoisotopic (exact) mass is 214 g/mol. The Hall–Kier alpha value is -0.120. The highest BCUT2D eigenvalue weighted by atomic mass is 16.5.